The van der Waals surface area contributed by atoms with E-state index in [1.54, 1.807) is 14.2 Å². The molecular formula is C27H33N3O4. The maximum Gasteiger partial charge on any atom is 0.318 e. The van der Waals surface area contributed by atoms with Crippen LogP contribution < -0.4 is 14.8 Å². The van der Waals surface area contributed by atoms with Crippen LogP contribution >= 0.6 is 0 Å². The van der Waals surface area contributed by atoms with Crippen LogP contribution in [0.4, 0.5) is 4.79 Å². The minimum atomic E-state index is -0.135. The van der Waals surface area contributed by atoms with E-state index in [-0.39, 0.29) is 36.0 Å². The Hall–Kier alpha value is -3.22. The Morgan fingerprint density at radius 2 is 1.82 bits per heavy atom. The topological polar surface area (TPSA) is 71.1 Å². The lowest BCUT2D eigenvalue weighted by molar-refractivity contribution is -0.148. The molecule has 7 nitrogen and oxygen atoms in total. The van der Waals surface area contributed by atoms with E-state index in [0.29, 0.717) is 24.6 Å². The van der Waals surface area contributed by atoms with Crippen LogP contribution in [0.25, 0.3) is 0 Å². The Kier molecular flexibility index (Phi) is 6.11. The number of hydrogen-bond donors (Lipinski definition) is 1. The van der Waals surface area contributed by atoms with Gasteiger partial charge in [-0.25, -0.2) is 4.79 Å². The maximum atomic E-state index is 13.6. The molecule has 0 saturated carbocycles. The standard InChI is InChI=1S/C27H33N3O4/c1-17(18-8-5-4-6-9-18)28-27(32)30-12-7-10-20-22(30)16-23-21-15-25(34-3)24(33-2)14-19(21)11-13-29(23)26(20)31/h4-6,8-9,14-15,17,20,22-23H,7,10-13,16H2,1-3H3,(H,28,32)/t17-,20-,22-,23+/m1/s1. The lowest BCUT2D eigenvalue weighted by Gasteiger charge is -2.51. The second kappa shape index (κ2) is 9.20. The zero-order valence-corrected chi connectivity index (χ0v) is 20.1. The Morgan fingerprint density at radius 1 is 1.09 bits per heavy atom. The molecule has 7 heteroatoms. The molecule has 3 aliphatic rings. The third-order valence-corrected chi connectivity index (χ3v) is 7.75. The van der Waals surface area contributed by atoms with Crippen molar-refractivity contribution in [2.45, 2.75) is 50.7 Å². The molecule has 180 valence electrons. The Morgan fingerprint density at radius 3 is 2.56 bits per heavy atom. The second-order valence-electron chi connectivity index (χ2n) is 9.53. The van der Waals surface area contributed by atoms with E-state index in [4.69, 9.17) is 9.47 Å². The molecule has 34 heavy (non-hydrogen) atoms. The van der Waals surface area contributed by atoms with Crippen LogP contribution in [0.1, 0.15) is 55.0 Å². The van der Waals surface area contributed by atoms with E-state index in [1.165, 1.54) is 5.56 Å². The fraction of sp³-hybridized carbons (Fsp3) is 0.481. The van der Waals surface area contributed by atoms with Crippen LogP contribution in [0.3, 0.4) is 0 Å². The number of hydrogen-bond acceptors (Lipinski definition) is 4. The van der Waals surface area contributed by atoms with E-state index in [1.807, 2.05) is 59.2 Å². The van der Waals surface area contributed by atoms with Crippen molar-refractivity contribution >= 4 is 11.9 Å². The highest BCUT2D eigenvalue weighted by molar-refractivity contribution is 5.84. The van der Waals surface area contributed by atoms with E-state index in [2.05, 4.69) is 5.32 Å². The number of likely N-dealkylation sites (tertiary alicyclic amines) is 1. The van der Waals surface area contributed by atoms with E-state index in [9.17, 15) is 9.59 Å². The van der Waals surface area contributed by atoms with E-state index in [0.717, 1.165) is 36.8 Å². The van der Waals surface area contributed by atoms with Crippen LogP contribution in [0, 0.1) is 5.92 Å². The number of nitrogens with zero attached hydrogens (tertiary/aromatic N) is 2. The number of carbonyl (C=O) groups excluding carboxylic acids is 2. The van der Waals surface area contributed by atoms with Gasteiger partial charge in [0.25, 0.3) is 0 Å². The van der Waals surface area contributed by atoms with Crippen molar-refractivity contribution in [1.82, 2.24) is 15.1 Å². The summed E-state index contributed by atoms with van der Waals surface area (Å²) in [6, 6.07) is 13.7. The molecule has 2 fully saturated rings. The van der Waals surface area contributed by atoms with Crippen LogP contribution in [-0.2, 0) is 11.2 Å². The quantitative estimate of drug-likeness (QED) is 0.742. The number of carbonyl (C=O) groups is 2. The second-order valence-corrected chi connectivity index (χ2v) is 9.53. The van der Waals surface area contributed by atoms with Crippen molar-refractivity contribution < 1.29 is 19.1 Å². The van der Waals surface area contributed by atoms with Crippen molar-refractivity contribution in [3.8, 4) is 11.5 Å². The first-order valence-corrected chi connectivity index (χ1v) is 12.2. The lowest BCUT2D eigenvalue weighted by Crippen LogP contribution is -2.61. The van der Waals surface area contributed by atoms with Crippen molar-refractivity contribution in [2.75, 3.05) is 27.3 Å². The predicted octanol–water partition coefficient (Wildman–Crippen LogP) is 4.08. The Labute approximate surface area is 201 Å². The molecule has 0 bridgehead atoms. The van der Waals surface area contributed by atoms with Gasteiger partial charge in [-0.05, 0) is 61.4 Å². The number of piperidine rings is 2. The molecule has 5 rings (SSSR count). The van der Waals surface area contributed by atoms with Gasteiger partial charge in [0.2, 0.25) is 5.91 Å². The maximum absolute atomic E-state index is 13.6. The molecule has 3 heterocycles. The van der Waals surface area contributed by atoms with Gasteiger partial charge < -0.3 is 24.6 Å². The van der Waals surface area contributed by atoms with Crippen molar-refractivity contribution in [3.63, 3.8) is 0 Å². The molecule has 2 aromatic rings. The summed E-state index contributed by atoms with van der Waals surface area (Å²) in [5.41, 5.74) is 3.37. The molecule has 0 radical (unpaired) electrons. The van der Waals surface area contributed by atoms with Crippen molar-refractivity contribution in [1.29, 1.82) is 0 Å². The number of ether oxygens (including phenoxy) is 2. The van der Waals surface area contributed by atoms with Crippen molar-refractivity contribution in [3.05, 3.63) is 59.2 Å². The van der Waals surface area contributed by atoms with Crippen LogP contribution in [0.15, 0.2) is 42.5 Å². The Bertz CT molecular complexity index is 1070. The van der Waals surface area contributed by atoms with Gasteiger partial charge >= 0.3 is 6.03 Å². The summed E-state index contributed by atoms with van der Waals surface area (Å²) in [7, 11) is 3.27. The summed E-state index contributed by atoms with van der Waals surface area (Å²) in [6.45, 7) is 3.37. The van der Waals surface area contributed by atoms with Crippen LogP contribution in [0.5, 0.6) is 11.5 Å². The molecule has 3 aliphatic heterocycles. The van der Waals surface area contributed by atoms with Gasteiger partial charge in [0.1, 0.15) is 0 Å². The highest BCUT2D eigenvalue weighted by atomic mass is 16.5. The molecule has 0 unspecified atom stereocenters. The molecule has 0 aromatic heterocycles. The molecule has 0 aliphatic carbocycles. The number of benzene rings is 2. The summed E-state index contributed by atoms with van der Waals surface area (Å²) in [4.78, 5) is 30.9. The van der Waals surface area contributed by atoms with E-state index < -0.39 is 0 Å². The normalized spacial score (nSPS) is 24.4. The number of fused-ring (bicyclic) bond motifs is 4. The lowest BCUT2D eigenvalue weighted by atomic mass is 9.76. The monoisotopic (exact) mass is 463 g/mol. The third-order valence-electron chi connectivity index (χ3n) is 7.75. The molecule has 2 aromatic carbocycles. The highest BCUT2D eigenvalue weighted by Gasteiger charge is 2.49. The summed E-state index contributed by atoms with van der Waals surface area (Å²) in [6.07, 6.45) is 3.23. The largest absolute Gasteiger partial charge is 0.493 e. The predicted molar refractivity (Wildman–Crippen MR) is 129 cm³/mol. The fourth-order valence-corrected chi connectivity index (χ4v) is 5.97. The van der Waals surface area contributed by atoms with Crippen LogP contribution in [-0.4, -0.2) is 55.1 Å². The van der Waals surface area contributed by atoms with Crippen molar-refractivity contribution in [2.24, 2.45) is 5.92 Å². The summed E-state index contributed by atoms with van der Waals surface area (Å²) in [5, 5.41) is 3.16. The number of amides is 3. The molecular weight excluding hydrogens is 430 g/mol. The van der Waals surface area contributed by atoms with Gasteiger partial charge in [0.15, 0.2) is 11.5 Å². The summed E-state index contributed by atoms with van der Waals surface area (Å²) < 4.78 is 11.1. The number of rotatable bonds is 4. The third kappa shape index (κ3) is 3.87. The molecule has 2 saturated heterocycles. The minimum absolute atomic E-state index is 0.0581. The zero-order chi connectivity index (χ0) is 23.8. The highest BCUT2D eigenvalue weighted by Crippen LogP contribution is 2.46. The van der Waals surface area contributed by atoms with Gasteiger partial charge in [-0.2, -0.15) is 0 Å². The van der Waals surface area contributed by atoms with Gasteiger partial charge in [0, 0.05) is 19.1 Å². The first kappa shape index (κ1) is 22.6. The fourth-order valence-electron chi connectivity index (χ4n) is 5.97. The number of nitrogens with one attached hydrogen (secondary N) is 1. The SMILES string of the molecule is COc1cc2c(cc1OC)[C@@H]1C[C@@H]3[C@@H](CCCN3C(=O)N[C@H](C)c3ccccc3)C(=O)N1CC2. The number of urea groups is 1. The minimum Gasteiger partial charge on any atom is -0.493 e. The van der Waals surface area contributed by atoms with E-state index >= 15 is 0 Å². The summed E-state index contributed by atoms with van der Waals surface area (Å²) >= 11 is 0. The molecule has 3 amide bonds. The average Bonchev–Trinajstić information content (AvgIpc) is 2.88. The zero-order valence-electron chi connectivity index (χ0n) is 20.1. The molecule has 1 N–H and O–H groups in total. The van der Waals surface area contributed by atoms with Gasteiger partial charge in [0.05, 0.1) is 32.2 Å². The Balaban J connectivity index is 1.41. The van der Waals surface area contributed by atoms with Crippen LogP contribution in [0.2, 0.25) is 0 Å². The number of methoxy groups -OCH3 is 2. The first-order valence-electron chi connectivity index (χ1n) is 12.2. The average molecular weight is 464 g/mol. The van der Waals surface area contributed by atoms with Gasteiger partial charge in [-0.3, -0.25) is 4.79 Å². The smallest absolute Gasteiger partial charge is 0.318 e. The molecule has 4 atom stereocenters. The first-order chi connectivity index (χ1) is 16.5. The van der Waals surface area contributed by atoms with Gasteiger partial charge in [-0.15, -0.1) is 0 Å². The molecule has 0 spiro atoms. The summed E-state index contributed by atoms with van der Waals surface area (Å²) in [5.74, 6) is 1.43. The van der Waals surface area contributed by atoms with Gasteiger partial charge in [-0.1, -0.05) is 30.3 Å².